The molecule has 0 saturated heterocycles. The zero-order valence-electron chi connectivity index (χ0n) is 16.2. The number of aryl methyl sites for hydroxylation is 1. The van der Waals surface area contributed by atoms with Crippen LogP contribution in [0.25, 0.3) is 0 Å². The molecule has 2 N–H and O–H groups in total. The summed E-state index contributed by atoms with van der Waals surface area (Å²) in [6.07, 6.45) is 0. The van der Waals surface area contributed by atoms with E-state index in [0.29, 0.717) is 11.3 Å². The van der Waals surface area contributed by atoms with Gasteiger partial charge in [-0.25, -0.2) is 13.1 Å². The normalized spacial score (nSPS) is 12.7. The van der Waals surface area contributed by atoms with Gasteiger partial charge in [-0.05, 0) is 58.0 Å². The second kappa shape index (κ2) is 8.54. The molecule has 0 aliphatic carbocycles. The number of carbonyl (C=O) groups is 1. The van der Waals surface area contributed by atoms with Crippen molar-refractivity contribution in [3.05, 3.63) is 59.2 Å². The maximum absolute atomic E-state index is 12.5. The molecule has 1 atom stereocenters. The Morgan fingerprint density at radius 1 is 1.04 bits per heavy atom. The van der Waals surface area contributed by atoms with Crippen LogP contribution in [0.1, 0.15) is 48.3 Å². The van der Waals surface area contributed by atoms with Gasteiger partial charge in [0.25, 0.3) is 5.91 Å². The summed E-state index contributed by atoms with van der Waals surface area (Å²) in [6, 6.07) is 11.2. The Bertz CT molecular complexity index is 906. The van der Waals surface area contributed by atoms with Crippen molar-refractivity contribution in [2.75, 3.05) is 7.11 Å². The Labute approximate surface area is 161 Å². The lowest BCUT2D eigenvalue weighted by Crippen LogP contribution is -2.30. The van der Waals surface area contributed by atoms with Gasteiger partial charge in [-0.15, -0.1) is 0 Å². The molecule has 0 saturated carbocycles. The van der Waals surface area contributed by atoms with Gasteiger partial charge in [0.05, 0.1) is 18.0 Å². The molecule has 0 fully saturated rings. The molecular weight excluding hydrogens is 364 g/mol. The highest BCUT2D eigenvalue weighted by Gasteiger charge is 2.18. The molecule has 0 heterocycles. The van der Waals surface area contributed by atoms with E-state index < -0.39 is 10.0 Å². The lowest BCUT2D eigenvalue weighted by molar-refractivity contribution is 0.0939. The molecule has 27 heavy (non-hydrogen) atoms. The number of sulfonamides is 1. The highest BCUT2D eigenvalue weighted by Crippen LogP contribution is 2.26. The van der Waals surface area contributed by atoms with E-state index >= 15 is 0 Å². The van der Waals surface area contributed by atoms with Crippen molar-refractivity contribution in [2.24, 2.45) is 0 Å². The monoisotopic (exact) mass is 390 g/mol. The predicted octanol–water partition coefficient (Wildman–Crippen LogP) is 3.18. The highest BCUT2D eigenvalue weighted by molar-refractivity contribution is 7.89. The van der Waals surface area contributed by atoms with Crippen LogP contribution in [0.3, 0.4) is 0 Å². The third-order valence-corrected chi connectivity index (χ3v) is 5.69. The van der Waals surface area contributed by atoms with E-state index in [-0.39, 0.29) is 22.9 Å². The number of nitrogens with one attached hydrogen (secondary N) is 2. The molecule has 1 amide bonds. The van der Waals surface area contributed by atoms with Crippen LogP contribution in [0.5, 0.6) is 5.75 Å². The first-order valence-electron chi connectivity index (χ1n) is 8.72. The first kappa shape index (κ1) is 20.9. The lowest BCUT2D eigenvalue weighted by atomic mass is 10.0. The first-order chi connectivity index (χ1) is 12.6. The number of hydrogen-bond acceptors (Lipinski definition) is 4. The summed E-state index contributed by atoms with van der Waals surface area (Å²) in [5, 5.41) is 2.92. The summed E-state index contributed by atoms with van der Waals surface area (Å²) in [7, 11) is -1.99. The van der Waals surface area contributed by atoms with Crippen molar-refractivity contribution < 1.29 is 17.9 Å². The van der Waals surface area contributed by atoms with Crippen LogP contribution in [0.15, 0.2) is 47.4 Å². The van der Waals surface area contributed by atoms with E-state index in [2.05, 4.69) is 10.0 Å². The minimum absolute atomic E-state index is 0.126. The molecule has 2 aromatic rings. The van der Waals surface area contributed by atoms with Crippen LogP contribution in [0.4, 0.5) is 0 Å². The number of amides is 1. The summed E-state index contributed by atoms with van der Waals surface area (Å²) in [5.74, 6) is 0.418. The van der Waals surface area contributed by atoms with Gasteiger partial charge in [-0.2, -0.15) is 0 Å². The van der Waals surface area contributed by atoms with Gasteiger partial charge in [0, 0.05) is 17.2 Å². The number of hydrogen-bond donors (Lipinski definition) is 2. The Balaban J connectivity index is 2.16. The van der Waals surface area contributed by atoms with E-state index in [1.807, 2.05) is 32.0 Å². The Morgan fingerprint density at radius 2 is 1.67 bits per heavy atom. The third kappa shape index (κ3) is 5.30. The number of benzene rings is 2. The van der Waals surface area contributed by atoms with E-state index in [0.717, 1.165) is 11.1 Å². The van der Waals surface area contributed by atoms with Gasteiger partial charge in [0.15, 0.2) is 0 Å². The van der Waals surface area contributed by atoms with Gasteiger partial charge in [0.1, 0.15) is 5.75 Å². The zero-order chi connectivity index (χ0) is 20.2. The van der Waals surface area contributed by atoms with Crippen molar-refractivity contribution in [3.63, 3.8) is 0 Å². The topological polar surface area (TPSA) is 84.5 Å². The van der Waals surface area contributed by atoms with Crippen LogP contribution in [0, 0.1) is 6.92 Å². The first-order valence-corrected chi connectivity index (χ1v) is 10.2. The molecular formula is C20H26N2O4S. The number of rotatable bonds is 7. The molecule has 0 spiro atoms. The fourth-order valence-electron chi connectivity index (χ4n) is 2.71. The average Bonchev–Trinajstić information content (AvgIpc) is 2.60. The van der Waals surface area contributed by atoms with E-state index in [1.165, 1.54) is 24.3 Å². The standard InChI is InChI=1S/C20H26N2O4S/c1-13(2)22-27(24,25)17-9-7-16(8-10-17)20(23)21-15(4)18-12-14(3)6-11-19(18)26-5/h6-13,15,22H,1-5H3,(H,21,23). The van der Waals surface area contributed by atoms with Crippen molar-refractivity contribution >= 4 is 15.9 Å². The van der Waals surface area contributed by atoms with Crippen LogP contribution in [-0.2, 0) is 10.0 Å². The second-order valence-corrected chi connectivity index (χ2v) is 8.45. The number of ether oxygens (including phenoxy) is 1. The molecule has 0 aliphatic rings. The van der Waals surface area contributed by atoms with Gasteiger partial charge < -0.3 is 10.1 Å². The van der Waals surface area contributed by atoms with E-state index in [4.69, 9.17) is 4.74 Å². The molecule has 0 aromatic heterocycles. The number of methoxy groups -OCH3 is 1. The summed E-state index contributed by atoms with van der Waals surface area (Å²) in [4.78, 5) is 12.7. The zero-order valence-corrected chi connectivity index (χ0v) is 17.1. The smallest absolute Gasteiger partial charge is 0.251 e. The van der Waals surface area contributed by atoms with Crippen LogP contribution in [-0.4, -0.2) is 27.5 Å². The third-order valence-electron chi connectivity index (χ3n) is 4.02. The molecule has 6 nitrogen and oxygen atoms in total. The minimum Gasteiger partial charge on any atom is -0.496 e. The predicted molar refractivity (Wildman–Crippen MR) is 106 cm³/mol. The molecule has 2 rings (SSSR count). The minimum atomic E-state index is -3.58. The van der Waals surface area contributed by atoms with Gasteiger partial charge in [0.2, 0.25) is 10.0 Å². The molecule has 0 bridgehead atoms. The maximum Gasteiger partial charge on any atom is 0.251 e. The SMILES string of the molecule is COc1ccc(C)cc1C(C)NC(=O)c1ccc(S(=O)(=O)NC(C)C)cc1. The van der Waals surface area contributed by atoms with Crippen molar-refractivity contribution in [2.45, 2.75) is 44.7 Å². The molecule has 0 aliphatic heterocycles. The van der Waals surface area contributed by atoms with Gasteiger partial charge >= 0.3 is 0 Å². The average molecular weight is 391 g/mol. The molecule has 7 heteroatoms. The largest absolute Gasteiger partial charge is 0.496 e. The molecule has 1 unspecified atom stereocenters. The van der Waals surface area contributed by atoms with E-state index in [1.54, 1.807) is 21.0 Å². The van der Waals surface area contributed by atoms with Gasteiger partial charge in [-0.1, -0.05) is 17.7 Å². The Morgan fingerprint density at radius 3 is 2.22 bits per heavy atom. The maximum atomic E-state index is 12.5. The summed E-state index contributed by atoms with van der Waals surface area (Å²) in [5.41, 5.74) is 2.34. The molecule has 146 valence electrons. The Hall–Kier alpha value is -2.38. The van der Waals surface area contributed by atoms with Crippen molar-refractivity contribution in [1.29, 1.82) is 0 Å². The van der Waals surface area contributed by atoms with Crippen LogP contribution < -0.4 is 14.8 Å². The molecule has 0 radical (unpaired) electrons. The summed E-state index contributed by atoms with van der Waals surface area (Å²) >= 11 is 0. The lowest BCUT2D eigenvalue weighted by Gasteiger charge is -2.18. The fraction of sp³-hybridized carbons (Fsp3) is 0.350. The van der Waals surface area contributed by atoms with Crippen LogP contribution in [0.2, 0.25) is 0 Å². The fourth-order valence-corrected chi connectivity index (χ4v) is 3.96. The van der Waals surface area contributed by atoms with Crippen molar-refractivity contribution in [1.82, 2.24) is 10.0 Å². The number of carbonyl (C=O) groups excluding carboxylic acids is 1. The second-order valence-electron chi connectivity index (χ2n) is 6.74. The summed E-state index contributed by atoms with van der Waals surface area (Å²) in [6.45, 7) is 7.35. The van der Waals surface area contributed by atoms with Gasteiger partial charge in [-0.3, -0.25) is 4.79 Å². The van der Waals surface area contributed by atoms with Crippen LogP contribution >= 0.6 is 0 Å². The quantitative estimate of drug-likeness (QED) is 0.760. The highest BCUT2D eigenvalue weighted by atomic mass is 32.2. The molecule has 2 aromatic carbocycles. The Kier molecular flexibility index (Phi) is 6.62. The summed E-state index contributed by atoms with van der Waals surface area (Å²) < 4.78 is 32.2. The van der Waals surface area contributed by atoms with E-state index in [9.17, 15) is 13.2 Å². The van der Waals surface area contributed by atoms with Crippen molar-refractivity contribution in [3.8, 4) is 5.75 Å².